The first kappa shape index (κ1) is 26.3. The average Bonchev–Trinajstić information content (AvgIpc) is 3.61. The van der Waals surface area contributed by atoms with Crippen molar-refractivity contribution in [2.75, 3.05) is 13.2 Å². The molecule has 3 N–H and O–H groups in total. The van der Waals surface area contributed by atoms with Crippen LogP contribution < -0.4 is 10.3 Å². The Morgan fingerprint density at radius 3 is 2.73 bits per heavy atom. The second kappa shape index (κ2) is 11.6. The smallest absolute Gasteiger partial charge is 0.275 e. The summed E-state index contributed by atoms with van der Waals surface area (Å²) in [4.78, 5) is 38.4. The van der Waals surface area contributed by atoms with Crippen LogP contribution >= 0.6 is 11.3 Å². The molecule has 0 saturated carbocycles. The second-order valence-corrected chi connectivity index (χ2v) is 9.93. The second-order valence-electron chi connectivity index (χ2n) is 9.07. The number of aliphatic hydroxyl groups excluding tert-OH is 2. The van der Waals surface area contributed by atoms with E-state index in [1.807, 2.05) is 13.8 Å². The number of aliphatic hydroxyl groups is 2. The van der Waals surface area contributed by atoms with E-state index < -0.39 is 24.0 Å². The number of nitrogens with zero attached hydrogens (tertiary/aromatic N) is 3. The van der Waals surface area contributed by atoms with E-state index in [0.29, 0.717) is 22.9 Å². The number of nitrogens with one attached hydrogen (secondary N) is 1. The van der Waals surface area contributed by atoms with Gasteiger partial charge in [-0.2, -0.15) is 5.48 Å². The monoisotopic (exact) mass is 524 g/mol. The van der Waals surface area contributed by atoms with E-state index in [0.717, 1.165) is 10.4 Å². The van der Waals surface area contributed by atoms with Gasteiger partial charge in [0.1, 0.15) is 30.0 Å². The van der Waals surface area contributed by atoms with Crippen molar-refractivity contribution in [1.29, 1.82) is 0 Å². The molecule has 37 heavy (non-hydrogen) atoms. The highest BCUT2D eigenvalue weighted by Gasteiger charge is 2.43. The number of β-amino-alcohol motifs (C(OH)–C–C–N with tert-alkyl or cyclic N) is 1. The first-order valence-electron chi connectivity index (χ1n) is 11.8. The maximum atomic E-state index is 13.5. The van der Waals surface area contributed by atoms with Crippen LogP contribution in [-0.2, 0) is 9.59 Å². The van der Waals surface area contributed by atoms with Crippen molar-refractivity contribution in [1.82, 2.24) is 20.5 Å². The molecule has 2 aromatic heterocycles. The van der Waals surface area contributed by atoms with Crippen molar-refractivity contribution in [3.8, 4) is 28.0 Å². The van der Waals surface area contributed by atoms with Crippen molar-refractivity contribution in [2.45, 2.75) is 45.3 Å². The molecular formula is C26H28N4O6S. The topological polar surface area (TPSA) is 138 Å². The lowest BCUT2D eigenvalue weighted by Crippen LogP contribution is -2.48. The van der Waals surface area contributed by atoms with Crippen LogP contribution in [0.1, 0.15) is 43.3 Å². The van der Waals surface area contributed by atoms with Gasteiger partial charge in [0.15, 0.2) is 5.75 Å². The number of hydrogen-bond acceptors (Lipinski definition) is 9. The highest BCUT2D eigenvalue weighted by atomic mass is 32.1. The van der Waals surface area contributed by atoms with E-state index in [-0.39, 0.29) is 31.4 Å². The molecular weight excluding hydrogens is 496 g/mol. The zero-order valence-electron chi connectivity index (χ0n) is 20.7. The maximum absolute atomic E-state index is 13.5. The van der Waals surface area contributed by atoms with Gasteiger partial charge in [-0.3, -0.25) is 9.59 Å². The Morgan fingerprint density at radius 2 is 2.08 bits per heavy atom. The van der Waals surface area contributed by atoms with E-state index in [9.17, 15) is 14.7 Å². The summed E-state index contributed by atoms with van der Waals surface area (Å²) in [5, 5.41) is 23.1. The van der Waals surface area contributed by atoms with Gasteiger partial charge in [0.25, 0.3) is 5.91 Å². The summed E-state index contributed by atoms with van der Waals surface area (Å²) in [5.41, 5.74) is 6.19. The van der Waals surface area contributed by atoms with Gasteiger partial charge >= 0.3 is 0 Å². The fourth-order valence-corrected chi connectivity index (χ4v) is 5.02. The van der Waals surface area contributed by atoms with Crippen molar-refractivity contribution >= 4 is 23.2 Å². The number of thiazole rings is 1. The van der Waals surface area contributed by atoms with Crippen LogP contribution in [0.5, 0.6) is 5.75 Å². The summed E-state index contributed by atoms with van der Waals surface area (Å²) in [6.07, 6.45) is -0.728. The summed E-state index contributed by atoms with van der Waals surface area (Å²) in [6, 6.07) is 7.81. The third-order valence-corrected chi connectivity index (χ3v) is 6.87. The van der Waals surface area contributed by atoms with Gasteiger partial charge in [0.2, 0.25) is 5.91 Å². The van der Waals surface area contributed by atoms with Crippen LogP contribution in [0.3, 0.4) is 0 Å². The lowest BCUT2D eigenvalue weighted by molar-refractivity contribution is -0.143. The zero-order chi connectivity index (χ0) is 26.5. The molecule has 3 heterocycles. The Kier molecular flexibility index (Phi) is 8.23. The van der Waals surface area contributed by atoms with Crippen LogP contribution in [0.2, 0.25) is 0 Å². The highest BCUT2D eigenvalue weighted by Crippen LogP contribution is 2.31. The molecule has 1 fully saturated rings. The Bertz CT molecular complexity index is 1310. The molecule has 0 radical (unpaired) electrons. The number of carbonyl (C=O) groups excluding carboxylic acids is 2. The summed E-state index contributed by atoms with van der Waals surface area (Å²) in [6.45, 7) is 5.35. The minimum absolute atomic E-state index is 0.0400. The molecule has 3 aromatic rings. The average molecular weight is 525 g/mol. The standard InChI is InChI=1S/C26H28N4O6S/c1-15(2)23(22-11-16(3)28-36-22)26(34)30-13-18(32)12-21(30)25(33)29-35-19-8-6-17(7-9-19)24-20(5-4-10-31)27-14-37-24/h6-9,11,14-15,18,21,23,31-32H,10,12-13H2,1-3H3,(H,29,33)/t18-,21+,23?/m1/s1. The largest absolute Gasteiger partial charge is 0.391 e. The van der Waals surface area contributed by atoms with Crippen molar-refractivity contribution in [2.24, 2.45) is 5.92 Å². The summed E-state index contributed by atoms with van der Waals surface area (Å²) >= 11 is 1.42. The third kappa shape index (κ3) is 5.99. The fourth-order valence-electron chi connectivity index (χ4n) is 4.26. The lowest BCUT2D eigenvalue weighted by Gasteiger charge is -2.28. The molecule has 0 spiro atoms. The van der Waals surface area contributed by atoms with Crippen LogP contribution in [0.15, 0.2) is 40.4 Å². The van der Waals surface area contributed by atoms with Gasteiger partial charge in [-0.1, -0.05) is 24.9 Å². The highest BCUT2D eigenvalue weighted by molar-refractivity contribution is 7.13. The minimum Gasteiger partial charge on any atom is -0.391 e. The van der Waals surface area contributed by atoms with Gasteiger partial charge < -0.3 is 24.5 Å². The SMILES string of the molecule is Cc1cc(C(C(=O)N2C[C@H](O)C[C@H]2C(=O)NOc2ccc(-c3scnc3C#CCO)cc2)C(C)C)on1. The maximum Gasteiger partial charge on any atom is 0.275 e. The first-order chi connectivity index (χ1) is 17.8. The van der Waals surface area contributed by atoms with Crippen LogP contribution in [-0.4, -0.2) is 62.4 Å². The normalized spacial score (nSPS) is 17.8. The predicted octanol–water partition coefficient (Wildman–Crippen LogP) is 2.26. The Hall–Kier alpha value is -3.72. The Balaban J connectivity index is 1.42. The number of amides is 2. The number of aryl methyl sites for hydroxylation is 1. The molecule has 1 aromatic carbocycles. The van der Waals surface area contributed by atoms with Gasteiger partial charge in [0, 0.05) is 19.0 Å². The first-order valence-corrected chi connectivity index (χ1v) is 12.7. The molecule has 11 heteroatoms. The van der Waals surface area contributed by atoms with Gasteiger partial charge in [-0.05, 0) is 48.6 Å². The molecule has 1 saturated heterocycles. The molecule has 0 bridgehead atoms. The summed E-state index contributed by atoms with van der Waals surface area (Å²) in [5.74, 6) is 4.65. The molecule has 1 aliphatic rings. The molecule has 3 atom stereocenters. The lowest BCUT2D eigenvalue weighted by atomic mass is 9.91. The molecule has 4 rings (SSSR count). The van der Waals surface area contributed by atoms with E-state index in [2.05, 4.69) is 27.5 Å². The predicted molar refractivity (Wildman–Crippen MR) is 135 cm³/mol. The Morgan fingerprint density at radius 1 is 1.32 bits per heavy atom. The Labute approximate surface area is 218 Å². The van der Waals surface area contributed by atoms with E-state index in [1.54, 1.807) is 42.8 Å². The number of carbonyl (C=O) groups is 2. The molecule has 194 valence electrons. The van der Waals surface area contributed by atoms with Crippen molar-refractivity contribution in [3.05, 3.63) is 53.0 Å². The molecule has 0 aliphatic carbocycles. The van der Waals surface area contributed by atoms with Crippen molar-refractivity contribution in [3.63, 3.8) is 0 Å². The number of hydrogen-bond donors (Lipinski definition) is 3. The van der Waals surface area contributed by atoms with E-state index >= 15 is 0 Å². The quantitative estimate of drug-likeness (QED) is 0.316. The van der Waals surface area contributed by atoms with E-state index in [1.165, 1.54) is 16.2 Å². The molecule has 2 amide bonds. The number of aromatic nitrogens is 2. The number of rotatable bonds is 7. The molecule has 1 unspecified atom stereocenters. The van der Waals surface area contributed by atoms with Gasteiger partial charge in [-0.15, -0.1) is 11.3 Å². The summed E-state index contributed by atoms with van der Waals surface area (Å²) < 4.78 is 5.35. The fraction of sp³-hybridized carbons (Fsp3) is 0.385. The number of hydroxylamine groups is 1. The third-order valence-electron chi connectivity index (χ3n) is 5.99. The van der Waals surface area contributed by atoms with Crippen LogP contribution in [0.4, 0.5) is 0 Å². The van der Waals surface area contributed by atoms with Crippen molar-refractivity contribution < 1.29 is 29.2 Å². The minimum atomic E-state index is -0.892. The zero-order valence-corrected chi connectivity index (χ0v) is 21.5. The molecule has 1 aliphatic heterocycles. The van der Waals surface area contributed by atoms with E-state index in [4.69, 9.17) is 14.5 Å². The van der Waals surface area contributed by atoms with Crippen LogP contribution in [0.25, 0.3) is 10.4 Å². The van der Waals surface area contributed by atoms with Gasteiger partial charge in [0.05, 0.1) is 22.2 Å². The number of likely N-dealkylation sites (tertiary alicyclic amines) is 1. The molecule has 10 nitrogen and oxygen atoms in total. The number of benzene rings is 1. The van der Waals surface area contributed by atoms with Crippen LogP contribution in [0, 0.1) is 24.7 Å². The van der Waals surface area contributed by atoms with Gasteiger partial charge in [-0.25, -0.2) is 4.98 Å². The summed E-state index contributed by atoms with van der Waals surface area (Å²) in [7, 11) is 0.